The molecule has 4 heterocycles. The van der Waals surface area contributed by atoms with E-state index in [2.05, 4.69) is 48.0 Å². The number of halogens is 4. The molecular formula is C23H15Cl2F2N9. The Kier molecular flexibility index (Phi) is 6.39. The zero-order valence-corrected chi connectivity index (χ0v) is 19.6. The Morgan fingerprint density at radius 2 is 1.89 bits per heavy atom. The molecule has 0 aliphatic carbocycles. The van der Waals surface area contributed by atoms with Gasteiger partial charge in [0.25, 0.3) is 0 Å². The molecule has 0 saturated carbocycles. The lowest BCUT2D eigenvalue weighted by Gasteiger charge is -2.23. The van der Waals surface area contributed by atoms with Crippen molar-refractivity contribution in [2.24, 2.45) is 0 Å². The quantitative estimate of drug-likeness (QED) is 0.225. The van der Waals surface area contributed by atoms with Crippen molar-refractivity contribution in [3.05, 3.63) is 93.9 Å². The summed E-state index contributed by atoms with van der Waals surface area (Å²) in [7, 11) is 0. The number of benzene rings is 1. The maximum atomic E-state index is 13.8. The summed E-state index contributed by atoms with van der Waals surface area (Å²) in [6.45, 7) is 0. The number of aromatic nitrogens is 3. The van der Waals surface area contributed by atoms with Gasteiger partial charge in [0.1, 0.15) is 6.07 Å². The fourth-order valence-corrected chi connectivity index (χ4v) is 4.18. The molecule has 3 aromatic heterocycles. The van der Waals surface area contributed by atoms with E-state index in [0.29, 0.717) is 37.9 Å². The van der Waals surface area contributed by atoms with Crippen LogP contribution in [-0.4, -0.2) is 15.0 Å². The van der Waals surface area contributed by atoms with E-state index in [9.17, 15) is 14.0 Å². The minimum atomic E-state index is -1.23. The van der Waals surface area contributed by atoms with Gasteiger partial charge in [-0.3, -0.25) is 9.97 Å². The van der Waals surface area contributed by atoms with Crippen LogP contribution in [0.3, 0.4) is 0 Å². The van der Waals surface area contributed by atoms with E-state index < -0.39 is 17.8 Å². The van der Waals surface area contributed by atoms with Crippen LogP contribution in [-0.2, 0) is 0 Å². The van der Waals surface area contributed by atoms with Crippen LogP contribution in [0.1, 0.15) is 17.2 Å². The molecule has 180 valence electrons. The van der Waals surface area contributed by atoms with Crippen LogP contribution < -0.4 is 27.0 Å². The van der Waals surface area contributed by atoms with Crippen LogP contribution in [0.15, 0.2) is 60.9 Å². The first-order chi connectivity index (χ1) is 17.4. The van der Waals surface area contributed by atoms with Gasteiger partial charge in [-0.15, -0.1) is 0 Å². The van der Waals surface area contributed by atoms with Gasteiger partial charge in [-0.2, -0.15) is 15.2 Å². The highest BCUT2D eigenvalue weighted by Crippen LogP contribution is 2.37. The summed E-state index contributed by atoms with van der Waals surface area (Å²) in [5.41, 5.74) is 11.6. The maximum Gasteiger partial charge on any atom is 0.249 e. The summed E-state index contributed by atoms with van der Waals surface area (Å²) in [5, 5.41) is 17.3. The standard InChI is InChI=1S/C23H15Cl2F2N9/c24-16-1-2-29-9-15(16)22(19-10-32-36-35-19)33-12-3-14-20(34-13-5-18(26)23(27)31-8-13)11(6-28)7-30-21(14)17(25)4-12/h1-5,7-10,22,32-33,35-36H,(H,30,34)/t22-/m0/s1. The average Bonchev–Trinajstić information content (AvgIpc) is 3.40. The second-order valence-corrected chi connectivity index (χ2v) is 8.42. The minimum Gasteiger partial charge on any atom is -0.373 e. The van der Waals surface area contributed by atoms with E-state index in [-0.39, 0.29) is 11.3 Å². The molecule has 0 bridgehead atoms. The summed E-state index contributed by atoms with van der Waals surface area (Å²) in [5.74, 6) is -2.36. The normalized spacial score (nSPS) is 13.4. The first-order valence-corrected chi connectivity index (χ1v) is 11.1. The van der Waals surface area contributed by atoms with Gasteiger partial charge in [-0.25, -0.2) is 9.37 Å². The van der Waals surface area contributed by atoms with Crippen LogP contribution in [0.4, 0.5) is 25.8 Å². The van der Waals surface area contributed by atoms with E-state index in [1.165, 1.54) is 6.20 Å². The van der Waals surface area contributed by atoms with Crippen LogP contribution in [0.25, 0.3) is 10.9 Å². The second-order valence-electron chi connectivity index (χ2n) is 7.60. The summed E-state index contributed by atoms with van der Waals surface area (Å²) in [4.78, 5) is 11.9. The molecule has 0 spiro atoms. The topological polar surface area (TPSA) is 123 Å². The predicted molar refractivity (Wildman–Crippen MR) is 132 cm³/mol. The molecule has 0 radical (unpaired) electrons. The molecular weight excluding hydrogens is 511 g/mol. The molecule has 0 amide bonds. The van der Waals surface area contributed by atoms with Crippen LogP contribution in [0.5, 0.6) is 0 Å². The van der Waals surface area contributed by atoms with Crippen molar-refractivity contribution in [2.45, 2.75) is 6.04 Å². The van der Waals surface area contributed by atoms with Gasteiger partial charge in [0, 0.05) is 52.5 Å². The fraction of sp³-hybridized carbons (Fsp3) is 0.0435. The Labute approximate surface area is 213 Å². The van der Waals surface area contributed by atoms with E-state index in [1.54, 1.807) is 36.8 Å². The lowest BCUT2D eigenvalue weighted by molar-refractivity contribution is 0.480. The highest BCUT2D eigenvalue weighted by atomic mass is 35.5. The summed E-state index contributed by atoms with van der Waals surface area (Å²) >= 11 is 13.0. The smallest absolute Gasteiger partial charge is 0.249 e. The number of nitrogens with one attached hydrogen (secondary N) is 5. The SMILES string of the molecule is N#Cc1cnc2c(Cl)cc(N[C@H](C3=CNNN3)c3cnccc3Cl)cc2c1Nc1cnc(F)c(F)c1. The molecule has 5 rings (SSSR count). The fourth-order valence-electron chi connectivity index (χ4n) is 3.70. The summed E-state index contributed by atoms with van der Waals surface area (Å²) in [6, 6.07) is 7.62. The van der Waals surface area contributed by atoms with Crippen LogP contribution >= 0.6 is 23.2 Å². The van der Waals surface area contributed by atoms with Crippen molar-refractivity contribution in [3.63, 3.8) is 0 Å². The van der Waals surface area contributed by atoms with Crippen molar-refractivity contribution < 1.29 is 8.78 Å². The van der Waals surface area contributed by atoms with E-state index in [0.717, 1.165) is 18.0 Å². The number of rotatable bonds is 6. The third-order valence-corrected chi connectivity index (χ3v) is 5.98. The number of pyridine rings is 3. The van der Waals surface area contributed by atoms with Gasteiger partial charge in [-0.1, -0.05) is 23.2 Å². The maximum absolute atomic E-state index is 13.8. The average molecular weight is 526 g/mol. The van der Waals surface area contributed by atoms with Crippen LogP contribution in [0.2, 0.25) is 10.0 Å². The molecule has 0 saturated heterocycles. The minimum absolute atomic E-state index is 0.143. The first-order valence-electron chi connectivity index (χ1n) is 10.4. The third kappa shape index (κ3) is 4.52. The first kappa shape index (κ1) is 23.5. The van der Waals surface area contributed by atoms with Gasteiger partial charge in [0.15, 0.2) is 5.82 Å². The zero-order chi connectivity index (χ0) is 25.2. The molecule has 9 nitrogen and oxygen atoms in total. The number of anilines is 3. The molecule has 4 aromatic rings. The molecule has 0 unspecified atom stereocenters. The zero-order valence-electron chi connectivity index (χ0n) is 18.1. The highest BCUT2D eigenvalue weighted by molar-refractivity contribution is 6.36. The number of hydrazine groups is 2. The monoisotopic (exact) mass is 525 g/mol. The van der Waals surface area contributed by atoms with Crippen molar-refractivity contribution in [1.29, 1.82) is 5.26 Å². The molecule has 36 heavy (non-hydrogen) atoms. The molecule has 13 heteroatoms. The second kappa shape index (κ2) is 9.79. The largest absolute Gasteiger partial charge is 0.373 e. The van der Waals surface area contributed by atoms with E-state index in [1.807, 2.05) is 0 Å². The Bertz CT molecular complexity index is 1560. The van der Waals surface area contributed by atoms with Crippen molar-refractivity contribution >= 4 is 51.2 Å². The van der Waals surface area contributed by atoms with E-state index >= 15 is 0 Å². The lowest BCUT2D eigenvalue weighted by atomic mass is 10.0. The van der Waals surface area contributed by atoms with Crippen molar-refractivity contribution in [2.75, 3.05) is 10.6 Å². The molecule has 1 aliphatic heterocycles. The molecule has 5 N–H and O–H groups in total. The Morgan fingerprint density at radius 3 is 2.61 bits per heavy atom. The van der Waals surface area contributed by atoms with Crippen LogP contribution in [0, 0.1) is 23.1 Å². The van der Waals surface area contributed by atoms with Gasteiger partial charge in [0.2, 0.25) is 5.95 Å². The Balaban J connectivity index is 1.61. The Morgan fingerprint density at radius 1 is 1.03 bits per heavy atom. The highest BCUT2D eigenvalue weighted by Gasteiger charge is 2.23. The number of nitriles is 1. The summed E-state index contributed by atoms with van der Waals surface area (Å²) < 4.78 is 27.1. The third-order valence-electron chi connectivity index (χ3n) is 5.35. The predicted octanol–water partition coefficient (Wildman–Crippen LogP) is 4.83. The number of fused-ring (bicyclic) bond motifs is 1. The van der Waals surface area contributed by atoms with Gasteiger partial charge in [0.05, 0.1) is 45.4 Å². The van der Waals surface area contributed by atoms with E-state index in [4.69, 9.17) is 23.2 Å². The van der Waals surface area contributed by atoms with Gasteiger partial charge in [-0.05, 0) is 18.2 Å². The number of hydrogen-bond acceptors (Lipinski definition) is 9. The van der Waals surface area contributed by atoms with Crippen molar-refractivity contribution in [3.8, 4) is 6.07 Å². The molecule has 1 aromatic carbocycles. The molecule has 1 aliphatic rings. The number of hydrogen-bond donors (Lipinski definition) is 5. The number of nitrogens with zero attached hydrogens (tertiary/aromatic N) is 4. The summed E-state index contributed by atoms with van der Waals surface area (Å²) in [6.07, 6.45) is 7.42. The molecule has 1 atom stereocenters. The molecule has 0 fully saturated rings. The van der Waals surface area contributed by atoms with Gasteiger partial charge >= 0.3 is 0 Å². The van der Waals surface area contributed by atoms with Gasteiger partial charge < -0.3 is 21.5 Å². The van der Waals surface area contributed by atoms with Crippen molar-refractivity contribution in [1.82, 2.24) is 31.3 Å². The lowest BCUT2D eigenvalue weighted by Crippen LogP contribution is -2.34. The Hall–Kier alpha value is -4.24.